The van der Waals surface area contributed by atoms with Gasteiger partial charge in [0.2, 0.25) is 16.4 Å². The molecule has 2 aromatic rings. The molecule has 17 nitrogen and oxygen atoms in total. The molecule has 256 valence electrons. The van der Waals surface area contributed by atoms with E-state index < -0.39 is 62.7 Å². The lowest BCUT2D eigenvalue weighted by molar-refractivity contribution is -0.179. The third-order valence-corrected chi connectivity index (χ3v) is 9.08. The molecular weight excluding hydrogens is 656 g/mol. The van der Waals surface area contributed by atoms with Gasteiger partial charge in [0.1, 0.15) is 22.6 Å². The van der Waals surface area contributed by atoms with Crippen molar-refractivity contribution in [3.63, 3.8) is 0 Å². The minimum atomic E-state index is -1.74. The van der Waals surface area contributed by atoms with Gasteiger partial charge in [0.25, 0.3) is 0 Å². The van der Waals surface area contributed by atoms with Gasteiger partial charge in [-0.1, -0.05) is 22.1 Å². The number of anilines is 1. The van der Waals surface area contributed by atoms with Crippen LogP contribution in [0.15, 0.2) is 16.7 Å². The molecule has 2 aliphatic rings. The number of thioether (sulfide) groups is 1. The molecular formula is C28H38N8O9S2. The van der Waals surface area contributed by atoms with Crippen LogP contribution in [-0.4, -0.2) is 94.1 Å². The Labute approximate surface area is 278 Å². The lowest BCUT2D eigenvalue weighted by atomic mass is 9.90. The fraction of sp³-hybridized carbons (Fsp3) is 0.607. The maximum Gasteiger partial charge on any atom is 0.407 e. The topological polar surface area (TPSA) is 231 Å². The molecule has 0 aromatic carbocycles. The summed E-state index contributed by atoms with van der Waals surface area (Å²) >= 11 is 2.00. The molecule has 0 saturated carbocycles. The first-order valence-electron chi connectivity index (χ1n) is 14.5. The van der Waals surface area contributed by atoms with Crippen molar-refractivity contribution in [3.8, 4) is 0 Å². The Morgan fingerprint density at radius 2 is 1.79 bits per heavy atom. The molecule has 2 aliphatic heterocycles. The second kappa shape index (κ2) is 12.7. The van der Waals surface area contributed by atoms with E-state index in [0.29, 0.717) is 0 Å². The molecule has 2 aromatic heterocycles. The summed E-state index contributed by atoms with van der Waals surface area (Å²) in [7, 11) is 0. The third kappa shape index (κ3) is 8.01. The molecule has 0 aliphatic carbocycles. The number of aliphatic carboxylic acids is 1. The van der Waals surface area contributed by atoms with E-state index in [1.54, 1.807) is 41.5 Å². The number of nitrogen functional groups attached to an aromatic ring is 1. The normalized spacial score (nSPS) is 21.5. The zero-order valence-corrected chi connectivity index (χ0v) is 28.9. The second-order valence-electron chi connectivity index (χ2n) is 13.4. The van der Waals surface area contributed by atoms with Gasteiger partial charge in [-0.3, -0.25) is 9.59 Å². The molecule has 0 bridgehead atoms. The Morgan fingerprint density at radius 3 is 2.36 bits per heavy atom. The molecule has 19 heteroatoms. The Hall–Kier alpha value is -4.26. The number of hydrogen-bond acceptors (Lipinski definition) is 15. The zero-order valence-electron chi connectivity index (χ0n) is 27.2. The van der Waals surface area contributed by atoms with Crippen LogP contribution < -0.4 is 11.1 Å². The van der Waals surface area contributed by atoms with Gasteiger partial charge in [-0.15, -0.1) is 16.4 Å². The first-order chi connectivity index (χ1) is 21.6. The number of nitrogens with two attached hydrogens (primary N) is 1. The number of aromatic nitrogens is 4. The molecule has 4 rings (SSSR count). The highest BCUT2D eigenvalue weighted by Crippen LogP contribution is 2.53. The maximum atomic E-state index is 13.6. The number of carboxylic acids is 1. The number of amides is 2. The molecule has 4 N–H and O–H groups in total. The predicted molar refractivity (Wildman–Crippen MR) is 169 cm³/mol. The van der Waals surface area contributed by atoms with Crippen LogP contribution in [0.25, 0.3) is 0 Å². The summed E-state index contributed by atoms with van der Waals surface area (Å²) in [4.78, 5) is 73.4. The number of oxime groups is 1. The summed E-state index contributed by atoms with van der Waals surface area (Å²) in [6, 6.07) is 0. The zero-order chi connectivity index (χ0) is 35.1. The molecule has 4 heterocycles. The van der Waals surface area contributed by atoms with Crippen LogP contribution in [0.3, 0.4) is 0 Å². The van der Waals surface area contributed by atoms with E-state index in [1.165, 1.54) is 30.3 Å². The number of β-lactam (4-membered cyclic amide) rings is 1. The number of alkyl carbamates (subject to hydrolysis) is 1. The molecule has 1 unspecified atom stereocenters. The van der Waals surface area contributed by atoms with Gasteiger partial charge in [0.05, 0.1) is 30.6 Å². The first kappa shape index (κ1) is 35.6. The van der Waals surface area contributed by atoms with Gasteiger partial charge >= 0.3 is 18.0 Å². The van der Waals surface area contributed by atoms with Crippen LogP contribution in [0.5, 0.6) is 0 Å². The van der Waals surface area contributed by atoms with Crippen molar-refractivity contribution >= 4 is 63.7 Å². The fourth-order valence-electron chi connectivity index (χ4n) is 4.47. The number of nitrogens with one attached hydrogen (secondary N) is 1. The quantitative estimate of drug-likeness (QED) is 0.132. The number of carbonyl (C=O) groups is 5. The van der Waals surface area contributed by atoms with Gasteiger partial charge in [0, 0.05) is 11.8 Å². The van der Waals surface area contributed by atoms with E-state index in [0.717, 1.165) is 27.8 Å². The van der Waals surface area contributed by atoms with E-state index in [4.69, 9.17) is 20.0 Å². The summed E-state index contributed by atoms with van der Waals surface area (Å²) < 4.78 is 11.7. The molecule has 47 heavy (non-hydrogen) atoms. The van der Waals surface area contributed by atoms with Crippen LogP contribution in [0.1, 0.15) is 73.2 Å². The Morgan fingerprint density at radius 1 is 1.13 bits per heavy atom. The highest BCUT2D eigenvalue weighted by atomic mass is 32.2. The summed E-state index contributed by atoms with van der Waals surface area (Å²) in [5, 5.41) is 25.7. The monoisotopic (exact) mass is 694 g/mol. The highest BCUT2D eigenvalue weighted by Gasteiger charge is 2.63. The van der Waals surface area contributed by atoms with Crippen molar-refractivity contribution in [2.24, 2.45) is 11.1 Å². The molecule has 0 spiro atoms. The van der Waals surface area contributed by atoms with Gasteiger partial charge in [-0.2, -0.15) is 0 Å². The Bertz CT molecular complexity index is 1610. The van der Waals surface area contributed by atoms with E-state index >= 15 is 0 Å². The SMILES string of the molecule is CC(C)(C)OC(=O)NCc1cn([C@]2(C(=O)O)CN3C(=O)C(CC(=O)/C(=N\OC(C)(C)C(=O)OC(C)(C)C)c4csc(N)n4)[C@H]3S2)nn1. The van der Waals surface area contributed by atoms with Crippen molar-refractivity contribution in [3.05, 3.63) is 23.0 Å². The molecule has 3 atom stereocenters. The van der Waals surface area contributed by atoms with E-state index in [9.17, 15) is 29.1 Å². The fourth-order valence-corrected chi connectivity index (χ4v) is 6.61. The number of nitrogens with zero attached hydrogens (tertiary/aromatic N) is 6. The number of hydrogen-bond donors (Lipinski definition) is 3. The van der Waals surface area contributed by atoms with E-state index in [-0.39, 0.29) is 41.7 Å². The van der Waals surface area contributed by atoms with Crippen molar-refractivity contribution in [2.45, 2.75) is 95.4 Å². The summed E-state index contributed by atoms with van der Waals surface area (Å²) in [6.45, 7) is 12.8. The summed E-state index contributed by atoms with van der Waals surface area (Å²) in [6.07, 6.45) is 0.341. The number of ketones is 1. The largest absolute Gasteiger partial charge is 0.479 e. The minimum Gasteiger partial charge on any atom is -0.479 e. The standard InChI is InChI=1S/C28H38N8O9S2/c1-25(2,3)43-22(41)27(7,8)45-33-18(16-12-46-23(29)31-16)17(37)9-15-19(38)35-13-28(21(39)40,47-20(15)35)36-11-14(32-34-36)10-30-24(42)44-26(4,5)6/h11-12,15,20H,9-10,13H2,1-8H3,(H2,29,31)(H,30,42)(H,39,40)/b33-18-/t15?,20-,28-/m1/s1. The van der Waals surface area contributed by atoms with Crippen molar-refractivity contribution < 1.29 is 43.4 Å². The van der Waals surface area contributed by atoms with Crippen LogP contribution >= 0.6 is 23.1 Å². The third-order valence-electron chi connectivity index (χ3n) is 6.70. The number of esters is 1. The van der Waals surface area contributed by atoms with Crippen LogP contribution in [0.2, 0.25) is 0 Å². The molecule has 2 amide bonds. The number of fused-ring (bicyclic) bond motifs is 1. The maximum absolute atomic E-state index is 13.6. The molecule has 0 radical (unpaired) electrons. The molecule has 2 saturated heterocycles. The number of thiazole rings is 1. The lowest BCUT2D eigenvalue weighted by Gasteiger charge is -2.40. The number of carbonyl (C=O) groups excluding carboxylic acids is 4. The van der Waals surface area contributed by atoms with Gasteiger partial charge in [0.15, 0.2) is 16.6 Å². The van der Waals surface area contributed by atoms with Gasteiger partial charge in [-0.25, -0.2) is 24.0 Å². The number of rotatable bonds is 11. The van der Waals surface area contributed by atoms with Gasteiger partial charge < -0.3 is 35.4 Å². The number of Topliss-reactive ketones (excluding diaryl/α,β-unsaturated/α-hetero) is 1. The minimum absolute atomic E-state index is 0.0749. The molecule has 2 fully saturated rings. The van der Waals surface area contributed by atoms with Crippen LogP contribution in [0.4, 0.5) is 9.93 Å². The average Bonchev–Trinajstić information content (AvgIpc) is 3.67. The lowest BCUT2D eigenvalue weighted by Crippen LogP contribution is -2.57. The van der Waals surface area contributed by atoms with Crippen LogP contribution in [-0.2, 0) is 44.9 Å². The highest BCUT2D eigenvalue weighted by molar-refractivity contribution is 8.01. The van der Waals surface area contributed by atoms with Crippen molar-refractivity contribution in [2.75, 3.05) is 12.3 Å². The Balaban J connectivity index is 1.50. The smallest absolute Gasteiger partial charge is 0.407 e. The number of carboxylic acid groups (broad SMARTS) is 1. The van der Waals surface area contributed by atoms with Crippen LogP contribution in [0, 0.1) is 5.92 Å². The summed E-state index contributed by atoms with van der Waals surface area (Å²) in [5.74, 6) is -3.95. The van der Waals surface area contributed by atoms with Crippen molar-refractivity contribution in [1.82, 2.24) is 30.2 Å². The first-order valence-corrected chi connectivity index (χ1v) is 16.2. The van der Waals surface area contributed by atoms with Gasteiger partial charge in [-0.05, 0) is 55.4 Å². The second-order valence-corrected chi connectivity index (χ2v) is 15.7. The summed E-state index contributed by atoms with van der Waals surface area (Å²) in [5.41, 5.74) is 2.80. The average molecular weight is 695 g/mol. The van der Waals surface area contributed by atoms with E-state index in [2.05, 4.69) is 25.8 Å². The van der Waals surface area contributed by atoms with E-state index in [1.807, 2.05) is 0 Å². The number of ether oxygens (including phenoxy) is 2. The Kier molecular flexibility index (Phi) is 9.65. The van der Waals surface area contributed by atoms with Crippen molar-refractivity contribution in [1.29, 1.82) is 0 Å². The predicted octanol–water partition coefficient (Wildman–Crippen LogP) is 2.11.